The molecule has 136 valence electrons. The van der Waals surface area contributed by atoms with Crippen LogP contribution in [0.4, 0.5) is 0 Å². The molecule has 0 saturated carbocycles. The number of amides is 1. The number of aromatic carboxylic acids is 1. The van der Waals surface area contributed by atoms with Gasteiger partial charge < -0.3 is 14.7 Å². The van der Waals surface area contributed by atoms with E-state index in [1.165, 1.54) is 7.11 Å². The minimum Gasteiger partial charge on any atom is -0.478 e. The molecule has 0 unspecified atom stereocenters. The monoisotopic (exact) mass is 355 g/mol. The average molecular weight is 355 g/mol. The molecule has 1 fully saturated rings. The first-order valence-corrected chi connectivity index (χ1v) is 8.51. The van der Waals surface area contributed by atoms with Gasteiger partial charge in [0.2, 0.25) is 5.91 Å². The van der Waals surface area contributed by atoms with E-state index in [9.17, 15) is 14.7 Å². The zero-order valence-corrected chi connectivity index (χ0v) is 14.6. The molecule has 1 N–H and O–H groups in total. The van der Waals surface area contributed by atoms with E-state index < -0.39 is 5.97 Å². The van der Waals surface area contributed by atoms with Crippen LogP contribution >= 0.6 is 0 Å². The predicted octanol–water partition coefficient (Wildman–Crippen LogP) is 2.19. The Morgan fingerprint density at radius 1 is 1.31 bits per heavy atom. The highest BCUT2D eigenvalue weighted by Crippen LogP contribution is 2.32. The number of rotatable bonds is 5. The van der Waals surface area contributed by atoms with Crippen LogP contribution in [0, 0.1) is 0 Å². The Bertz CT molecular complexity index is 809. The molecule has 0 spiro atoms. The number of carboxylic acids is 1. The number of aromatic nitrogens is 2. The van der Waals surface area contributed by atoms with Gasteiger partial charge in [0, 0.05) is 44.1 Å². The third-order valence-electron chi connectivity index (χ3n) is 4.54. The van der Waals surface area contributed by atoms with Gasteiger partial charge in [-0.15, -0.1) is 0 Å². The van der Waals surface area contributed by atoms with Gasteiger partial charge in [0.1, 0.15) is 6.61 Å². The molecule has 1 aromatic carbocycles. The minimum atomic E-state index is -0.980. The molecular weight excluding hydrogens is 334 g/mol. The van der Waals surface area contributed by atoms with Crippen molar-refractivity contribution >= 4 is 11.9 Å². The summed E-state index contributed by atoms with van der Waals surface area (Å²) in [5, 5.41) is 9.23. The smallest absolute Gasteiger partial charge is 0.335 e. The van der Waals surface area contributed by atoms with Gasteiger partial charge in [-0.05, 0) is 25.0 Å². The van der Waals surface area contributed by atoms with Gasteiger partial charge in [0.25, 0.3) is 0 Å². The van der Waals surface area contributed by atoms with Crippen LogP contribution in [-0.4, -0.2) is 58.7 Å². The van der Waals surface area contributed by atoms with Gasteiger partial charge in [-0.1, -0.05) is 12.1 Å². The van der Waals surface area contributed by atoms with Gasteiger partial charge in [-0.25, -0.2) is 4.79 Å². The maximum Gasteiger partial charge on any atom is 0.335 e. The molecule has 1 saturated heterocycles. The normalized spacial score (nSPS) is 17.1. The summed E-state index contributed by atoms with van der Waals surface area (Å²) in [4.78, 5) is 34.2. The molecular formula is C19H21N3O4. The van der Waals surface area contributed by atoms with Crippen LogP contribution < -0.4 is 0 Å². The number of carbonyl (C=O) groups excluding carboxylic acids is 1. The standard InChI is InChI=1S/C19H21N3O4/c1-26-12-16(23)22-9-3-6-15(11-22)18-17(20-7-8-21-18)13-4-2-5-14(10-13)19(24)25/h2,4-5,7-8,10,15H,3,6,9,11-12H2,1H3,(H,24,25)/t15-/m0/s1. The molecule has 2 heterocycles. The van der Waals surface area contributed by atoms with Crippen LogP contribution in [0.15, 0.2) is 36.7 Å². The molecule has 1 aromatic heterocycles. The molecule has 2 aromatic rings. The number of ether oxygens (including phenoxy) is 1. The molecule has 3 rings (SSSR count). The van der Waals surface area contributed by atoms with Crippen LogP contribution in [0.3, 0.4) is 0 Å². The number of hydrogen-bond acceptors (Lipinski definition) is 5. The van der Waals surface area contributed by atoms with E-state index in [0.717, 1.165) is 18.5 Å². The van der Waals surface area contributed by atoms with Crippen molar-refractivity contribution in [3.63, 3.8) is 0 Å². The number of piperidine rings is 1. The average Bonchev–Trinajstić information content (AvgIpc) is 2.68. The van der Waals surface area contributed by atoms with E-state index in [1.807, 2.05) is 6.07 Å². The molecule has 0 bridgehead atoms. The molecule has 1 amide bonds. The SMILES string of the molecule is COCC(=O)N1CCC[C@H](c2nccnc2-c2cccc(C(=O)O)c2)C1. The Kier molecular flexibility index (Phi) is 5.58. The number of hydrogen-bond donors (Lipinski definition) is 1. The lowest BCUT2D eigenvalue weighted by molar-refractivity contribution is -0.136. The molecule has 1 atom stereocenters. The van der Waals surface area contributed by atoms with Crippen molar-refractivity contribution in [3.05, 3.63) is 47.9 Å². The summed E-state index contributed by atoms with van der Waals surface area (Å²) in [7, 11) is 1.51. The Labute approximate surface area is 151 Å². The van der Waals surface area contributed by atoms with E-state index in [4.69, 9.17) is 4.74 Å². The van der Waals surface area contributed by atoms with Crippen molar-refractivity contribution < 1.29 is 19.4 Å². The zero-order valence-electron chi connectivity index (χ0n) is 14.6. The van der Waals surface area contributed by atoms with Gasteiger partial charge in [0.05, 0.1) is 17.0 Å². The summed E-state index contributed by atoms with van der Waals surface area (Å²) in [5.74, 6) is -0.955. The third kappa shape index (κ3) is 3.88. The first kappa shape index (κ1) is 18.0. The number of carbonyl (C=O) groups is 2. The second kappa shape index (κ2) is 8.05. The van der Waals surface area contributed by atoms with E-state index in [2.05, 4.69) is 9.97 Å². The lowest BCUT2D eigenvalue weighted by Crippen LogP contribution is -2.41. The van der Waals surface area contributed by atoms with Gasteiger partial charge in [-0.3, -0.25) is 14.8 Å². The van der Waals surface area contributed by atoms with Gasteiger partial charge in [-0.2, -0.15) is 0 Å². The van der Waals surface area contributed by atoms with Crippen molar-refractivity contribution in [2.75, 3.05) is 26.8 Å². The summed E-state index contributed by atoms with van der Waals surface area (Å²) in [5.41, 5.74) is 2.39. The van der Waals surface area contributed by atoms with Crippen molar-refractivity contribution in [2.45, 2.75) is 18.8 Å². The molecule has 26 heavy (non-hydrogen) atoms. The third-order valence-corrected chi connectivity index (χ3v) is 4.54. The first-order valence-electron chi connectivity index (χ1n) is 8.51. The maximum atomic E-state index is 12.1. The molecule has 7 nitrogen and oxygen atoms in total. The number of methoxy groups -OCH3 is 1. The van der Waals surface area contributed by atoms with E-state index in [0.29, 0.717) is 24.3 Å². The Morgan fingerprint density at radius 3 is 2.88 bits per heavy atom. The van der Waals surface area contributed by atoms with Crippen LogP contribution in [0.1, 0.15) is 34.8 Å². The van der Waals surface area contributed by atoms with Gasteiger partial charge >= 0.3 is 5.97 Å². The molecule has 1 aliphatic heterocycles. The van der Waals surface area contributed by atoms with Crippen LogP contribution in [0.5, 0.6) is 0 Å². The summed E-state index contributed by atoms with van der Waals surface area (Å²) >= 11 is 0. The number of carboxylic acid groups (broad SMARTS) is 1. The van der Waals surface area contributed by atoms with Crippen molar-refractivity contribution in [1.29, 1.82) is 0 Å². The molecule has 0 aliphatic carbocycles. The minimum absolute atomic E-state index is 0.0319. The second-order valence-corrected chi connectivity index (χ2v) is 6.29. The number of likely N-dealkylation sites (tertiary alicyclic amines) is 1. The predicted molar refractivity (Wildman–Crippen MR) is 94.9 cm³/mol. The van der Waals surface area contributed by atoms with Crippen LogP contribution in [0.2, 0.25) is 0 Å². The quantitative estimate of drug-likeness (QED) is 0.884. The van der Waals surface area contributed by atoms with Crippen molar-refractivity contribution in [1.82, 2.24) is 14.9 Å². The second-order valence-electron chi connectivity index (χ2n) is 6.29. The summed E-state index contributed by atoms with van der Waals surface area (Å²) in [6.07, 6.45) is 5.02. The largest absolute Gasteiger partial charge is 0.478 e. The van der Waals surface area contributed by atoms with Crippen LogP contribution in [0.25, 0.3) is 11.3 Å². The lowest BCUT2D eigenvalue weighted by atomic mass is 9.91. The highest BCUT2D eigenvalue weighted by atomic mass is 16.5. The summed E-state index contributed by atoms with van der Waals surface area (Å²) in [6.45, 7) is 1.34. The summed E-state index contributed by atoms with van der Waals surface area (Å²) < 4.78 is 4.95. The first-order chi connectivity index (χ1) is 12.6. The van der Waals surface area contributed by atoms with Crippen LogP contribution in [-0.2, 0) is 9.53 Å². The fourth-order valence-electron chi connectivity index (χ4n) is 3.31. The lowest BCUT2D eigenvalue weighted by Gasteiger charge is -2.33. The van der Waals surface area contributed by atoms with Crippen molar-refractivity contribution in [3.8, 4) is 11.3 Å². The van der Waals surface area contributed by atoms with Crippen molar-refractivity contribution in [2.24, 2.45) is 0 Å². The molecule has 7 heteroatoms. The Balaban J connectivity index is 1.91. The Morgan fingerprint density at radius 2 is 2.12 bits per heavy atom. The molecule has 0 radical (unpaired) electrons. The number of benzene rings is 1. The highest BCUT2D eigenvalue weighted by Gasteiger charge is 2.27. The zero-order chi connectivity index (χ0) is 18.5. The fourth-order valence-corrected chi connectivity index (χ4v) is 3.31. The topological polar surface area (TPSA) is 92.6 Å². The van der Waals surface area contributed by atoms with E-state index in [-0.39, 0.29) is 24.0 Å². The van der Waals surface area contributed by atoms with E-state index >= 15 is 0 Å². The maximum absolute atomic E-state index is 12.1. The molecule has 1 aliphatic rings. The summed E-state index contributed by atoms with van der Waals surface area (Å²) in [6, 6.07) is 6.68. The Hall–Kier alpha value is -2.80. The van der Waals surface area contributed by atoms with E-state index in [1.54, 1.807) is 35.5 Å². The fraction of sp³-hybridized carbons (Fsp3) is 0.368. The highest BCUT2D eigenvalue weighted by molar-refractivity contribution is 5.89. The van der Waals surface area contributed by atoms with Gasteiger partial charge in [0.15, 0.2) is 0 Å². The number of nitrogens with zero attached hydrogens (tertiary/aromatic N) is 3.